The number of ether oxygens (including phenoxy) is 3. The zero-order valence-corrected chi connectivity index (χ0v) is 16.2. The van der Waals surface area contributed by atoms with Crippen LogP contribution in [0.1, 0.15) is 34.5 Å². The van der Waals surface area contributed by atoms with E-state index in [1.807, 2.05) is 6.07 Å². The Morgan fingerprint density at radius 1 is 1.11 bits per heavy atom. The van der Waals surface area contributed by atoms with Gasteiger partial charge in [-0.05, 0) is 36.6 Å². The summed E-state index contributed by atoms with van der Waals surface area (Å²) >= 11 is 0. The Bertz CT molecular complexity index is 797. The predicted octanol–water partition coefficient (Wildman–Crippen LogP) is 2.72. The van der Waals surface area contributed by atoms with Crippen molar-refractivity contribution in [3.8, 4) is 17.2 Å². The first kappa shape index (κ1) is 19.0. The van der Waals surface area contributed by atoms with Gasteiger partial charge in [0.15, 0.2) is 11.5 Å². The molecule has 27 heavy (non-hydrogen) atoms. The third-order valence-electron chi connectivity index (χ3n) is 4.84. The van der Waals surface area contributed by atoms with Crippen LogP contribution in [0.4, 0.5) is 0 Å². The van der Waals surface area contributed by atoms with Gasteiger partial charge in [0.05, 0.1) is 27.4 Å². The number of carbonyl (C=O) groups excluding carboxylic acids is 1. The van der Waals surface area contributed by atoms with Gasteiger partial charge in [-0.3, -0.25) is 4.79 Å². The van der Waals surface area contributed by atoms with Gasteiger partial charge in [-0.2, -0.15) is 0 Å². The Morgan fingerprint density at radius 3 is 2.41 bits per heavy atom. The van der Waals surface area contributed by atoms with Crippen molar-refractivity contribution in [3.63, 3.8) is 0 Å². The van der Waals surface area contributed by atoms with Crippen LogP contribution in [0.3, 0.4) is 0 Å². The molecule has 0 fully saturated rings. The molecule has 144 valence electrons. The molecule has 2 N–H and O–H groups in total. The molecule has 2 aromatic rings. The van der Waals surface area contributed by atoms with E-state index in [1.54, 1.807) is 12.1 Å². The van der Waals surface area contributed by atoms with Gasteiger partial charge >= 0.3 is 0 Å². The quantitative estimate of drug-likeness (QED) is 0.818. The summed E-state index contributed by atoms with van der Waals surface area (Å²) in [6.07, 6.45) is 0.994. The largest absolute Gasteiger partial charge is 0.493 e. The zero-order chi connectivity index (χ0) is 19.4. The lowest BCUT2D eigenvalue weighted by Crippen LogP contribution is -2.43. The van der Waals surface area contributed by atoms with Crippen molar-refractivity contribution in [1.82, 2.24) is 10.6 Å². The Morgan fingerprint density at radius 2 is 1.78 bits per heavy atom. The van der Waals surface area contributed by atoms with Gasteiger partial charge in [0.25, 0.3) is 5.91 Å². The summed E-state index contributed by atoms with van der Waals surface area (Å²) in [7, 11) is 4.60. The predicted molar refractivity (Wildman–Crippen MR) is 104 cm³/mol. The van der Waals surface area contributed by atoms with Crippen LogP contribution >= 0.6 is 0 Å². The average Bonchev–Trinajstić information content (AvgIpc) is 2.70. The number of rotatable bonds is 6. The van der Waals surface area contributed by atoms with Crippen LogP contribution in [0.5, 0.6) is 17.2 Å². The fourth-order valence-electron chi connectivity index (χ4n) is 3.56. The number of amides is 1. The Kier molecular flexibility index (Phi) is 5.86. The SMILES string of the molecule is COc1cc(C(=O)NCC2NC(C)Cc3ccccc32)cc(OC)c1OC. The van der Waals surface area contributed by atoms with Gasteiger partial charge in [0.1, 0.15) is 0 Å². The third kappa shape index (κ3) is 4.01. The number of hydrogen-bond donors (Lipinski definition) is 2. The summed E-state index contributed by atoms with van der Waals surface area (Å²) in [5.74, 6) is 1.19. The number of benzene rings is 2. The highest BCUT2D eigenvalue weighted by Gasteiger charge is 2.24. The first-order valence-electron chi connectivity index (χ1n) is 8.99. The molecule has 2 atom stereocenters. The summed E-state index contributed by atoms with van der Waals surface area (Å²) in [6.45, 7) is 2.65. The van der Waals surface area contributed by atoms with E-state index >= 15 is 0 Å². The molecule has 2 unspecified atom stereocenters. The lowest BCUT2D eigenvalue weighted by molar-refractivity contribution is 0.0947. The number of carbonyl (C=O) groups is 1. The van der Waals surface area contributed by atoms with Gasteiger partial charge in [-0.25, -0.2) is 0 Å². The van der Waals surface area contributed by atoms with Gasteiger partial charge in [0, 0.05) is 18.2 Å². The molecule has 3 rings (SSSR count). The van der Waals surface area contributed by atoms with Crippen LogP contribution in [-0.4, -0.2) is 39.8 Å². The summed E-state index contributed by atoms with van der Waals surface area (Å²) in [5, 5.41) is 6.58. The molecule has 1 amide bonds. The van der Waals surface area contributed by atoms with Crippen molar-refractivity contribution in [2.45, 2.75) is 25.4 Å². The van der Waals surface area contributed by atoms with Crippen molar-refractivity contribution < 1.29 is 19.0 Å². The molecule has 1 heterocycles. The summed E-state index contributed by atoms with van der Waals surface area (Å²) in [6, 6.07) is 12.1. The minimum absolute atomic E-state index is 0.0796. The molecule has 0 spiro atoms. The number of methoxy groups -OCH3 is 3. The molecule has 1 aliphatic heterocycles. The van der Waals surface area contributed by atoms with Crippen LogP contribution in [0, 0.1) is 0 Å². The monoisotopic (exact) mass is 370 g/mol. The maximum Gasteiger partial charge on any atom is 0.251 e. The van der Waals surface area contributed by atoms with Crippen molar-refractivity contribution >= 4 is 5.91 Å². The normalized spacial score (nSPS) is 18.4. The van der Waals surface area contributed by atoms with E-state index in [-0.39, 0.29) is 11.9 Å². The van der Waals surface area contributed by atoms with Gasteiger partial charge in [0.2, 0.25) is 5.75 Å². The van der Waals surface area contributed by atoms with E-state index in [0.29, 0.717) is 35.4 Å². The second-order valence-corrected chi connectivity index (χ2v) is 6.65. The van der Waals surface area contributed by atoms with Crippen molar-refractivity contribution in [1.29, 1.82) is 0 Å². The number of nitrogens with one attached hydrogen (secondary N) is 2. The van der Waals surface area contributed by atoms with E-state index in [9.17, 15) is 4.79 Å². The summed E-state index contributed by atoms with van der Waals surface area (Å²) in [4.78, 5) is 12.7. The van der Waals surface area contributed by atoms with Crippen molar-refractivity contribution in [2.75, 3.05) is 27.9 Å². The molecule has 2 aromatic carbocycles. The van der Waals surface area contributed by atoms with E-state index in [0.717, 1.165) is 6.42 Å². The van der Waals surface area contributed by atoms with Crippen LogP contribution in [-0.2, 0) is 6.42 Å². The number of fused-ring (bicyclic) bond motifs is 1. The lowest BCUT2D eigenvalue weighted by atomic mass is 9.91. The molecule has 0 saturated heterocycles. The van der Waals surface area contributed by atoms with Crippen LogP contribution in [0.15, 0.2) is 36.4 Å². The molecule has 0 radical (unpaired) electrons. The van der Waals surface area contributed by atoms with Gasteiger partial charge in [-0.15, -0.1) is 0 Å². The zero-order valence-electron chi connectivity index (χ0n) is 16.2. The van der Waals surface area contributed by atoms with Gasteiger partial charge < -0.3 is 24.8 Å². The second-order valence-electron chi connectivity index (χ2n) is 6.65. The minimum Gasteiger partial charge on any atom is -0.493 e. The van der Waals surface area contributed by atoms with E-state index in [2.05, 4.69) is 35.8 Å². The fourth-order valence-corrected chi connectivity index (χ4v) is 3.56. The Balaban J connectivity index is 1.77. The Hall–Kier alpha value is -2.73. The van der Waals surface area contributed by atoms with Crippen molar-refractivity contribution in [3.05, 3.63) is 53.1 Å². The van der Waals surface area contributed by atoms with E-state index in [4.69, 9.17) is 14.2 Å². The molecule has 6 nitrogen and oxygen atoms in total. The molecule has 1 aliphatic rings. The average molecular weight is 370 g/mol. The highest BCUT2D eigenvalue weighted by Crippen LogP contribution is 2.38. The number of hydrogen-bond acceptors (Lipinski definition) is 5. The Labute approximate surface area is 159 Å². The summed E-state index contributed by atoms with van der Waals surface area (Å²) in [5.41, 5.74) is 3.03. The highest BCUT2D eigenvalue weighted by atomic mass is 16.5. The van der Waals surface area contributed by atoms with Crippen molar-refractivity contribution in [2.24, 2.45) is 0 Å². The smallest absolute Gasteiger partial charge is 0.251 e. The lowest BCUT2D eigenvalue weighted by Gasteiger charge is -2.31. The maximum absolute atomic E-state index is 12.7. The molecule has 6 heteroatoms. The third-order valence-corrected chi connectivity index (χ3v) is 4.84. The highest BCUT2D eigenvalue weighted by molar-refractivity contribution is 5.95. The minimum atomic E-state index is -0.188. The first-order chi connectivity index (χ1) is 13.1. The molecule has 0 aliphatic carbocycles. The molecule has 0 saturated carbocycles. The van der Waals surface area contributed by atoms with Crippen LogP contribution < -0.4 is 24.8 Å². The second kappa shape index (κ2) is 8.31. The molecular weight excluding hydrogens is 344 g/mol. The summed E-state index contributed by atoms with van der Waals surface area (Å²) < 4.78 is 16.0. The topological polar surface area (TPSA) is 68.8 Å². The van der Waals surface area contributed by atoms with Crippen LogP contribution in [0.2, 0.25) is 0 Å². The maximum atomic E-state index is 12.7. The van der Waals surface area contributed by atoms with E-state index in [1.165, 1.54) is 32.5 Å². The van der Waals surface area contributed by atoms with Crippen LogP contribution in [0.25, 0.3) is 0 Å². The first-order valence-corrected chi connectivity index (χ1v) is 8.99. The molecule has 0 aromatic heterocycles. The van der Waals surface area contributed by atoms with E-state index < -0.39 is 0 Å². The standard InChI is InChI=1S/C21H26N2O4/c1-13-9-14-7-5-6-8-16(14)17(23-13)12-22-21(24)15-10-18(25-2)20(27-4)19(11-15)26-3/h5-8,10-11,13,17,23H,9,12H2,1-4H3,(H,22,24). The fraction of sp³-hybridized carbons (Fsp3) is 0.381. The molecule has 0 bridgehead atoms. The van der Waals surface area contributed by atoms with Gasteiger partial charge in [-0.1, -0.05) is 24.3 Å². The molecular formula is C21H26N2O4.